The monoisotopic (exact) mass is 285 g/mol. The Bertz CT molecular complexity index is 748. The first-order chi connectivity index (χ1) is 9.67. The fraction of sp³-hybridized carbons (Fsp3) is 0.176. The number of nitrogens with two attached hydrogens (primary N) is 1. The van der Waals surface area contributed by atoms with Gasteiger partial charge in [-0.1, -0.05) is 36.7 Å². The summed E-state index contributed by atoms with van der Waals surface area (Å²) in [5.74, 6) is 0.840. The first kappa shape index (κ1) is 13.2. The van der Waals surface area contributed by atoms with E-state index in [1.54, 1.807) is 0 Å². The Morgan fingerprint density at radius 3 is 2.80 bits per heavy atom. The molecule has 0 radical (unpaired) electrons. The molecule has 0 fully saturated rings. The highest BCUT2D eigenvalue weighted by Gasteiger charge is 2.09. The lowest BCUT2D eigenvalue weighted by Crippen LogP contribution is -2.08. The maximum absolute atomic E-state index is 6.09. The topological polar surface area (TPSA) is 39.2 Å². The molecule has 1 heterocycles. The third-order valence-electron chi connectivity index (χ3n) is 3.52. The highest BCUT2D eigenvalue weighted by Crippen LogP contribution is 2.30. The molecule has 1 atom stereocenters. The highest BCUT2D eigenvalue weighted by molar-refractivity contribution is 6.31. The molecule has 102 valence electrons. The molecule has 3 aromatic rings. The van der Waals surface area contributed by atoms with Gasteiger partial charge in [-0.3, -0.25) is 0 Å². The molecular formula is C17H16ClNO. The Hall–Kier alpha value is -1.77. The van der Waals surface area contributed by atoms with Gasteiger partial charge < -0.3 is 10.2 Å². The molecule has 20 heavy (non-hydrogen) atoms. The van der Waals surface area contributed by atoms with Crippen molar-refractivity contribution in [3.8, 4) is 11.3 Å². The van der Waals surface area contributed by atoms with Crippen LogP contribution in [0.25, 0.3) is 22.3 Å². The summed E-state index contributed by atoms with van der Waals surface area (Å²) >= 11 is 6.00. The third-order valence-corrected chi connectivity index (χ3v) is 3.75. The predicted octanol–water partition coefficient (Wildman–Crippen LogP) is 5.16. The van der Waals surface area contributed by atoms with Crippen molar-refractivity contribution < 1.29 is 4.42 Å². The first-order valence-electron chi connectivity index (χ1n) is 6.72. The van der Waals surface area contributed by atoms with Crippen LogP contribution in [0.4, 0.5) is 0 Å². The van der Waals surface area contributed by atoms with Crippen LogP contribution in [0.15, 0.2) is 52.9 Å². The standard InChI is InChI=1S/C17H16ClNO/c1-2-15(19)11-4-3-5-12(8-11)17-10-13-9-14(18)6-7-16(13)20-17/h3-10,15H,2,19H2,1H3. The van der Waals surface area contributed by atoms with E-state index >= 15 is 0 Å². The van der Waals surface area contributed by atoms with E-state index in [1.807, 2.05) is 36.4 Å². The number of fused-ring (bicyclic) bond motifs is 1. The zero-order chi connectivity index (χ0) is 14.1. The van der Waals surface area contributed by atoms with Crippen molar-refractivity contribution in [2.45, 2.75) is 19.4 Å². The van der Waals surface area contributed by atoms with Gasteiger partial charge in [0.2, 0.25) is 0 Å². The zero-order valence-electron chi connectivity index (χ0n) is 11.3. The SMILES string of the molecule is CCC(N)c1cccc(-c2cc3cc(Cl)ccc3o2)c1. The summed E-state index contributed by atoms with van der Waals surface area (Å²) in [5.41, 5.74) is 9.10. The van der Waals surface area contributed by atoms with E-state index in [0.717, 1.165) is 34.3 Å². The molecule has 0 bridgehead atoms. The molecular weight excluding hydrogens is 270 g/mol. The minimum Gasteiger partial charge on any atom is -0.456 e. The Morgan fingerprint density at radius 1 is 1.15 bits per heavy atom. The van der Waals surface area contributed by atoms with Crippen LogP contribution < -0.4 is 5.73 Å². The average molecular weight is 286 g/mol. The minimum absolute atomic E-state index is 0.0637. The van der Waals surface area contributed by atoms with Gasteiger partial charge in [-0.15, -0.1) is 0 Å². The van der Waals surface area contributed by atoms with E-state index < -0.39 is 0 Å². The lowest BCUT2D eigenvalue weighted by Gasteiger charge is -2.09. The van der Waals surface area contributed by atoms with Crippen molar-refractivity contribution >= 4 is 22.6 Å². The van der Waals surface area contributed by atoms with Gasteiger partial charge in [0.15, 0.2) is 0 Å². The van der Waals surface area contributed by atoms with Crippen molar-refractivity contribution in [3.05, 3.63) is 59.1 Å². The van der Waals surface area contributed by atoms with Crippen LogP contribution in [0, 0.1) is 0 Å². The van der Waals surface area contributed by atoms with Crippen molar-refractivity contribution in [3.63, 3.8) is 0 Å². The summed E-state index contributed by atoms with van der Waals surface area (Å²) in [5, 5.41) is 1.73. The second kappa shape index (κ2) is 5.31. The fourth-order valence-electron chi connectivity index (χ4n) is 2.31. The number of hydrogen-bond donors (Lipinski definition) is 1. The van der Waals surface area contributed by atoms with Gasteiger partial charge in [0.05, 0.1) is 0 Å². The Morgan fingerprint density at radius 2 is 2.00 bits per heavy atom. The lowest BCUT2D eigenvalue weighted by atomic mass is 10.0. The van der Waals surface area contributed by atoms with Gasteiger partial charge in [0.1, 0.15) is 11.3 Å². The Balaban J connectivity index is 2.06. The van der Waals surface area contributed by atoms with Crippen LogP contribution in [-0.4, -0.2) is 0 Å². The third kappa shape index (κ3) is 2.45. The average Bonchev–Trinajstić information content (AvgIpc) is 2.89. The van der Waals surface area contributed by atoms with E-state index in [2.05, 4.69) is 19.1 Å². The molecule has 0 aliphatic rings. The summed E-state index contributed by atoms with van der Waals surface area (Å²) < 4.78 is 5.88. The van der Waals surface area contributed by atoms with Crippen molar-refractivity contribution in [2.75, 3.05) is 0 Å². The minimum atomic E-state index is 0.0637. The second-order valence-corrected chi connectivity index (χ2v) is 5.37. The summed E-state index contributed by atoms with van der Waals surface area (Å²) in [7, 11) is 0. The molecule has 0 aliphatic heterocycles. The van der Waals surface area contributed by atoms with Crippen LogP contribution in [0.1, 0.15) is 24.9 Å². The van der Waals surface area contributed by atoms with E-state index in [-0.39, 0.29) is 6.04 Å². The van der Waals surface area contributed by atoms with Crippen LogP contribution >= 0.6 is 11.6 Å². The van der Waals surface area contributed by atoms with Gasteiger partial charge in [-0.2, -0.15) is 0 Å². The molecule has 0 spiro atoms. The Kier molecular flexibility index (Phi) is 3.51. The number of halogens is 1. The number of hydrogen-bond acceptors (Lipinski definition) is 2. The molecule has 0 saturated carbocycles. The smallest absolute Gasteiger partial charge is 0.135 e. The Labute approximate surface area is 123 Å². The lowest BCUT2D eigenvalue weighted by molar-refractivity contribution is 0.631. The van der Waals surface area contributed by atoms with Crippen molar-refractivity contribution in [1.82, 2.24) is 0 Å². The first-order valence-corrected chi connectivity index (χ1v) is 7.10. The molecule has 2 nitrogen and oxygen atoms in total. The van der Waals surface area contributed by atoms with Crippen molar-refractivity contribution in [2.24, 2.45) is 5.73 Å². The molecule has 0 saturated heterocycles. The molecule has 2 aromatic carbocycles. The second-order valence-electron chi connectivity index (χ2n) is 4.93. The molecule has 0 aliphatic carbocycles. The summed E-state index contributed by atoms with van der Waals surface area (Å²) in [6.07, 6.45) is 0.916. The molecule has 2 N–H and O–H groups in total. The number of furan rings is 1. The van der Waals surface area contributed by atoms with Gasteiger partial charge in [0.25, 0.3) is 0 Å². The fourth-order valence-corrected chi connectivity index (χ4v) is 2.50. The molecule has 1 unspecified atom stereocenters. The molecule has 0 amide bonds. The normalized spacial score (nSPS) is 12.8. The van der Waals surface area contributed by atoms with Crippen LogP contribution in [0.5, 0.6) is 0 Å². The molecule has 3 rings (SSSR count). The maximum Gasteiger partial charge on any atom is 0.135 e. The predicted molar refractivity (Wildman–Crippen MR) is 83.9 cm³/mol. The maximum atomic E-state index is 6.09. The molecule has 1 aromatic heterocycles. The van der Waals surface area contributed by atoms with E-state index in [1.165, 1.54) is 0 Å². The molecule has 3 heteroatoms. The van der Waals surface area contributed by atoms with Crippen LogP contribution in [0.2, 0.25) is 5.02 Å². The van der Waals surface area contributed by atoms with E-state index in [9.17, 15) is 0 Å². The summed E-state index contributed by atoms with van der Waals surface area (Å²) in [6.45, 7) is 2.08. The number of benzene rings is 2. The highest BCUT2D eigenvalue weighted by atomic mass is 35.5. The quantitative estimate of drug-likeness (QED) is 0.721. The van der Waals surface area contributed by atoms with Gasteiger partial charge in [-0.05, 0) is 42.3 Å². The van der Waals surface area contributed by atoms with Crippen LogP contribution in [0.3, 0.4) is 0 Å². The van der Waals surface area contributed by atoms with E-state index in [0.29, 0.717) is 5.02 Å². The zero-order valence-corrected chi connectivity index (χ0v) is 12.0. The summed E-state index contributed by atoms with van der Waals surface area (Å²) in [6, 6.07) is 15.9. The van der Waals surface area contributed by atoms with Gasteiger partial charge in [-0.25, -0.2) is 0 Å². The van der Waals surface area contributed by atoms with Gasteiger partial charge in [0, 0.05) is 22.0 Å². The largest absolute Gasteiger partial charge is 0.456 e. The van der Waals surface area contributed by atoms with Crippen molar-refractivity contribution in [1.29, 1.82) is 0 Å². The van der Waals surface area contributed by atoms with Crippen LogP contribution in [-0.2, 0) is 0 Å². The summed E-state index contributed by atoms with van der Waals surface area (Å²) in [4.78, 5) is 0. The van der Waals surface area contributed by atoms with Gasteiger partial charge >= 0.3 is 0 Å². The van der Waals surface area contributed by atoms with E-state index in [4.69, 9.17) is 21.8 Å². The number of rotatable bonds is 3.